The van der Waals surface area contributed by atoms with Crippen molar-refractivity contribution >= 4 is 11.8 Å². The fourth-order valence-electron chi connectivity index (χ4n) is 3.63. The Bertz CT molecular complexity index is 602. The Kier molecular flexibility index (Phi) is 5.51. The first-order valence-electron chi connectivity index (χ1n) is 8.98. The zero-order valence-corrected chi connectivity index (χ0v) is 14.5. The van der Waals surface area contributed by atoms with E-state index in [1.165, 1.54) is 11.1 Å². The van der Waals surface area contributed by atoms with Gasteiger partial charge in [-0.15, -0.1) is 0 Å². The van der Waals surface area contributed by atoms with Crippen LogP contribution in [0, 0.1) is 6.92 Å². The normalized spacial score (nSPS) is 22.8. The van der Waals surface area contributed by atoms with Gasteiger partial charge in [-0.3, -0.25) is 14.5 Å². The number of nitrogens with zero attached hydrogens (tertiary/aromatic N) is 2. The van der Waals surface area contributed by atoms with Gasteiger partial charge in [-0.1, -0.05) is 29.8 Å². The predicted octanol–water partition coefficient (Wildman–Crippen LogP) is 1.70. The molecular formula is C19H27N3O2. The van der Waals surface area contributed by atoms with Crippen LogP contribution in [0.3, 0.4) is 0 Å². The smallest absolute Gasteiger partial charge is 0.245 e. The third kappa shape index (κ3) is 4.35. The molecule has 0 saturated carbocycles. The second-order valence-corrected chi connectivity index (χ2v) is 6.96. The summed E-state index contributed by atoms with van der Waals surface area (Å²) in [4.78, 5) is 28.5. The van der Waals surface area contributed by atoms with E-state index in [-0.39, 0.29) is 17.9 Å². The predicted molar refractivity (Wildman–Crippen MR) is 93.4 cm³/mol. The van der Waals surface area contributed by atoms with Crippen LogP contribution in [0.15, 0.2) is 24.3 Å². The minimum Gasteiger partial charge on any atom is -0.344 e. The lowest BCUT2D eigenvalue weighted by molar-refractivity contribution is -0.138. The molecular weight excluding hydrogens is 302 g/mol. The first kappa shape index (κ1) is 17.0. The molecule has 1 atom stereocenters. The largest absolute Gasteiger partial charge is 0.344 e. The molecule has 5 nitrogen and oxygen atoms in total. The van der Waals surface area contributed by atoms with Crippen LogP contribution < -0.4 is 5.32 Å². The minimum absolute atomic E-state index is 0.00972. The maximum atomic E-state index is 12.7. The molecule has 2 heterocycles. The third-order valence-electron chi connectivity index (χ3n) is 4.92. The molecule has 0 bridgehead atoms. The summed E-state index contributed by atoms with van der Waals surface area (Å²) in [5.41, 5.74) is 2.61. The van der Waals surface area contributed by atoms with E-state index in [4.69, 9.17) is 0 Å². The maximum Gasteiger partial charge on any atom is 0.245 e. The van der Waals surface area contributed by atoms with Gasteiger partial charge in [0.1, 0.15) is 6.04 Å². The number of benzene rings is 1. The second kappa shape index (κ2) is 7.79. The van der Waals surface area contributed by atoms with Gasteiger partial charge in [0.2, 0.25) is 11.8 Å². The zero-order valence-electron chi connectivity index (χ0n) is 14.5. The molecule has 0 aliphatic carbocycles. The highest BCUT2D eigenvalue weighted by Gasteiger charge is 2.29. The summed E-state index contributed by atoms with van der Waals surface area (Å²) in [5, 5.41) is 2.85. The lowest BCUT2D eigenvalue weighted by Crippen LogP contribution is -2.51. The van der Waals surface area contributed by atoms with E-state index < -0.39 is 0 Å². The topological polar surface area (TPSA) is 52.7 Å². The van der Waals surface area contributed by atoms with E-state index in [9.17, 15) is 9.59 Å². The molecule has 2 saturated heterocycles. The van der Waals surface area contributed by atoms with E-state index in [0.29, 0.717) is 6.42 Å². The molecule has 3 rings (SSSR count). The Morgan fingerprint density at radius 3 is 2.88 bits per heavy atom. The highest BCUT2D eigenvalue weighted by atomic mass is 16.2. The van der Waals surface area contributed by atoms with Crippen LogP contribution in [-0.2, 0) is 16.1 Å². The van der Waals surface area contributed by atoms with E-state index >= 15 is 0 Å². The molecule has 0 radical (unpaired) electrons. The van der Waals surface area contributed by atoms with Crippen molar-refractivity contribution in [2.24, 2.45) is 0 Å². The van der Waals surface area contributed by atoms with Gasteiger partial charge in [0, 0.05) is 39.1 Å². The van der Waals surface area contributed by atoms with Gasteiger partial charge < -0.3 is 10.2 Å². The van der Waals surface area contributed by atoms with Gasteiger partial charge in [0.25, 0.3) is 0 Å². The Balaban J connectivity index is 1.54. The van der Waals surface area contributed by atoms with E-state index in [1.54, 1.807) is 0 Å². The van der Waals surface area contributed by atoms with Crippen molar-refractivity contribution in [3.05, 3.63) is 35.4 Å². The molecule has 24 heavy (non-hydrogen) atoms. The maximum absolute atomic E-state index is 12.7. The van der Waals surface area contributed by atoms with Crippen LogP contribution in [0.1, 0.15) is 36.8 Å². The lowest BCUT2D eigenvalue weighted by Gasteiger charge is -2.29. The van der Waals surface area contributed by atoms with Gasteiger partial charge in [0.15, 0.2) is 0 Å². The Morgan fingerprint density at radius 2 is 2.08 bits per heavy atom. The summed E-state index contributed by atoms with van der Waals surface area (Å²) in [7, 11) is 0. The first-order valence-corrected chi connectivity index (χ1v) is 8.98. The van der Waals surface area contributed by atoms with Gasteiger partial charge in [0.05, 0.1) is 0 Å². The summed E-state index contributed by atoms with van der Waals surface area (Å²) < 4.78 is 0. The molecule has 0 aromatic heterocycles. The van der Waals surface area contributed by atoms with Crippen LogP contribution >= 0.6 is 0 Å². The van der Waals surface area contributed by atoms with Crippen LogP contribution in [0.4, 0.5) is 0 Å². The Labute approximate surface area is 144 Å². The number of nitrogens with one attached hydrogen (secondary N) is 1. The van der Waals surface area contributed by atoms with E-state index in [2.05, 4.69) is 41.4 Å². The number of carbonyl (C=O) groups excluding carboxylic acids is 2. The molecule has 2 aliphatic rings. The van der Waals surface area contributed by atoms with Crippen molar-refractivity contribution < 1.29 is 9.59 Å². The standard InChI is InChI=1S/C19H27N3O2/c1-15-5-2-6-16(13-15)14-21-9-4-10-22(12-11-21)19(24)17-7-3-8-18(23)20-17/h2,5-6,13,17H,3-4,7-12,14H2,1H3,(H,20,23)/t17-/m1/s1. The highest BCUT2D eigenvalue weighted by molar-refractivity contribution is 5.88. The third-order valence-corrected chi connectivity index (χ3v) is 4.92. The number of amides is 2. The van der Waals surface area contributed by atoms with E-state index in [1.807, 2.05) is 4.90 Å². The van der Waals surface area contributed by atoms with Crippen LogP contribution in [0.5, 0.6) is 0 Å². The molecule has 2 fully saturated rings. The molecule has 2 amide bonds. The molecule has 1 aromatic rings. The number of rotatable bonds is 3. The van der Waals surface area contributed by atoms with E-state index in [0.717, 1.165) is 52.0 Å². The van der Waals surface area contributed by atoms with Crippen LogP contribution in [-0.4, -0.2) is 53.8 Å². The number of aryl methyl sites for hydroxylation is 1. The minimum atomic E-state index is -0.311. The average Bonchev–Trinajstić information content (AvgIpc) is 2.80. The summed E-state index contributed by atoms with van der Waals surface area (Å²) in [6.45, 7) is 6.48. The van der Waals surface area contributed by atoms with Crippen molar-refractivity contribution in [3.8, 4) is 0 Å². The molecule has 130 valence electrons. The van der Waals surface area contributed by atoms with Crippen molar-refractivity contribution in [1.29, 1.82) is 0 Å². The quantitative estimate of drug-likeness (QED) is 0.918. The van der Waals surface area contributed by atoms with Crippen molar-refractivity contribution in [3.63, 3.8) is 0 Å². The fourth-order valence-corrected chi connectivity index (χ4v) is 3.63. The summed E-state index contributed by atoms with van der Waals surface area (Å²) in [6.07, 6.45) is 3.12. The Morgan fingerprint density at radius 1 is 1.21 bits per heavy atom. The van der Waals surface area contributed by atoms with Gasteiger partial charge in [-0.25, -0.2) is 0 Å². The van der Waals surface area contributed by atoms with Crippen molar-refractivity contribution in [2.45, 2.75) is 45.2 Å². The summed E-state index contributed by atoms with van der Waals surface area (Å²) >= 11 is 0. The van der Waals surface area contributed by atoms with Gasteiger partial charge >= 0.3 is 0 Å². The van der Waals surface area contributed by atoms with Crippen LogP contribution in [0.25, 0.3) is 0 Å². The van der Waals surface area contributed by atoms with Crippen molar-refractivity contribution in [1.82, 2.24) is 15.1 Å². The molecule has 0 spiro atoms. The van der Waals surface area contributed by atoms with Crippen LogP contribution in [0.2, 0.25) is 0 Å². The first-order chi connectivity index (χ1) is 11.6. The van der Waals surface area contributed by atoms with Gasteiger partial charge in [-0.2, -0.15) is 0 Å². The molecule has 1 N–H and O–H groups in total. The number of hydrogen-bond donors (Lipinski definition) is 1. The lowest BCUT2D eigenvalue weighted by atomic mass is 10.0. The average molecular weight is 329 g/mol. The number of hydrogen-bond acceptors (Lipinski definition) is 3. The molecule has 2 aliphatic heterocycles. The van der Waals surface area contributed by atoms with Gasteiger partial charge in [-0.05, 0) is 31.7 Å². The number of piperidine rings is 1. The van der Waals surface area contributed by atoms with Crippen molar-refractivity contribution in [2.75, 3.05) is 26.2 Å². The SMILES string of the molecule is Cc1cccc(CN2CCCN(C(=O)[C@H]3CCCC(=O)N3)CC2)c1. The molecule has 1 aromatic carbocycles. The highest BCUT2D eigenvalue weighted by Crippen LogP contribution is 2.14. The summed E-state index contributed by atoms with van der Waals surface area (Å²) in [5.74, 6) is 0.107. The monoisotopic (exact) mass is 329 g/mol. The number of carbonyl (C=O) groups is 2. The summed E-state index contributed by atoms with van der Waals surface area (Å²) in [6, 6.07) is 8.30. The fraction of sp³-hybridized carbons (Fsp3) is 0.579. The molecule has 0 unspecified atom stereocenters. The second-order valence-electron chi connectivity index (χ2n) is 6.96. The molecule has 5 heteroatoms. The Hall–Kier alpha value is -1.88. The zero-order chi connectivity index (χ0) is 16.9.